The van der Waals surface area contributed by atoms with Gasteiger partial charge in [-0.15, -0.1) is 0 Å². The van der Waals surface area contributed by atoms with Gasteiger partial charge in [0, 0.05) is 11.1 Å². The molecular weight excluding hydrogens is 341 g/mol. The number of hydrogen-bond donors (Lipinski definition) is 1. The standard InChI is InChI=1S/C16H17ClFNO3S/c1-3-22-15-9-6-13(17)10-16(15)23(20,21)19-11(2)12-4-7-14(18)8-5-12/h4-11,19H,3H2,1-2H3/t11-/m0/s1. The fourth-order valence-electron chi connectivity index (χ4n) is 2.08. The van der Waals surface area contributed by atoms with E-state index in [1.165, 1.54) is 36.4 Å². The number of hydrogen-bond acceptors (Lipinski definition) is 3. The molecule has 124 valence electrons. The maximum absolute atomic E-state index is 13.0. The van der Waals surface area contributed by atoms with E-state index in [-0.39, 0.29) is 16.5 Å². The van der Waals surface area contributed by atoms with Gasteiger partial charge in [-0.25, -0.2) is 17.5 Å². The fraction of sp³-hybridized carbons (Fsp3) is 0.250. The third-order valence-electron chi connectivity index (χ3n) is 3.20. The Labute approximate surface area is 140 Å². The number of halogens is 2. The van der Waals surface area contributed by atoms with Crippen LogP contribution in [0.2, 0.25) is 5.02 Å². The van der Waals surface area contributed by atoms with E-state index < -0.39 is 16.1 Å². The zero-order valence-electron chi connectivity index (χ0n) is 12.7. The molecule has 0 saturated heterocycles. The van der Waals surface area contributed by atoms with Crippen molar-refractivity contribution in [3.05, 3.63) is 58.9 Å². The predicted molar refractivity (Wildman–Crippen MR) is 87.8 cm³/mol. The van der Waals surface area contributed by atoms with Crippen LogP contribution in [0.3, 0.4) is 0 Å². The molecule has 0 aliphatic carbocycles. The molecule has 0 spiro atoms. The van der Waals surface area contributed by atoms with Crippen molar-refractivity contribution in [2.45, 2.75) is 24.8 Å². The first-order valence-corrected chi connectivity index (χ1v) is 8.89. The highest BCUT2D eigenvalue weighted by atomic mass is 35.5. The van der Waals surface area contributed by atoms with Gasteiger partial charge in [0.1, 0.15) is 16.5 Å². The van der Waals surface area contributed by atoms with Gasteiger partial charge in [0.15, 0.2) is 0 Å². The Balaban J connectivity index is 2.31. The van der Waals surface area contributed by atoms with Crippen LogP contribution in [-0.4, -0.2) is 15.0 Å². The lowest BCUT2D eigenvalue weighted by Crippen LogP contribution is -2.27. The third kappa shape index (κ3) is 4.43. The zero-order chi connectivity index (χ0) is 17.0. The van der Waals surface area contributed by atoms with Crippen LogP contribution >= 0.6 is 11.6 Å². The summed E-state index contributed by atoms with van der Waals surface area (Å²) in [4.78, 5) is -0.0270. The van der Waals surface area contributed by atoms with E-state index in [0.717, 1.165) is 0 Å². The minimum Gasteiger partial charge on any atom is -0.492 e. The van der Waals surface area contributed by atoms with Crippen molar-refractivity contribution in [3.8, 4) is 5.75 Å². The quantitative estimate of drug-likeness (QED) is 0.852. The molecule has 0 fully saturated rings. The fourth-order valence-corrected chi connectivity index (χ4v) is 3.72. The Kier molecular flexibility index (Phi) is 5.62. The number of sulfonamides is 1. The molecule has 0 radical (unpaired) electrons. The molecule has 4 nitrogen and oxygen atoms in total. The summed E-state index contributed by atoms with van der Waals surface area (Å²) in [5.74, 6) is -0.145. The lowest BCUT2D eigenvalue weighted by Gasteiger charge is -2.17. The zero-order valence-corrected chi connectivity index (χ0v) is 14.3. The lowest BCUT2D eigenvalue weighted by atomic mass is 10.1. The smallest absolute Gasteiger partial charge is 0.244 e. The molecule has 23 heavy (non-hydrogen) atoms. The number of rotatable bonds is 6. The van der Waals surface area contributed by atoms with Crippen LogP contribution in [0.15, 0.2) is 47.4 Å². The normalized spacial score (nSPS) is 12.9. The largest absolute Gasteiger partial charge is 0.492 e. The van der Waals surface area contributed by atoms with Crippen molar-refractivity contribution in [1.29, 1.82) is 0 Å². The highest BCUT2D eigenvalue weighted by Crippen LogP contribution is 2.28. The van der Waals surface area contributed by atoms with E-state index in [2.05, 4.69) is 4.72 Å². The molecule has 2 aromatic carbocycles. The van der Waals surface area contributed by atoms with Gasteiger partial charge in [0.05, 0.1) is 6.61 Å². The maximum atomic E-state index is 13.0. The van der Waals surface area contributed by atoms with Gasteiger partial charge in [-0.2, -0.15) is 0 Å². The maximum Gasteiger partial charge on any atom is 0.244 e. The minimum atomic E-state index is -3.85. The van der Waals surface area contributed by atoms with Gasteiger partial charge in [0.25, 0.3) is 0 Å². The molecule has 0 aromatic heterocycles. The van der Waals surface area contributed by atoms with E-state index in [1.807, 2.05) is 0 Å². The minimum absolute atomic E-state index is 0.0270. The van der Waals surface area contributed by atoms with E-state index in [9.17, 15) is 12.8 Å². The Morgan fingerprint density at radius 1 is 1.22 bits per heavy atom. The van der Waals surface area contributed by atoms with Gasteiger partial charge in [0.2, 0.25) is 10.0 Å². The van der Waals surface area contributed by atoms with Gasteiger partial charge in [-0.05, 0) is 49.7 Å². The first kappa shape index (κ1) is 17.7. The van der Waals surface area contributed by atoms with E-state index in [4.69, 9.17) is 16.3 Å². The summed E-state index contributed by atoms with van der Waals surface area (Å²) in [6.45, 7) is 3.77. The van der Waals surface area contributed by atoms with Crippen LogP contribution in [0.1, 0.15) is 25.5 Å². The van der Waals surface area contributed by atoms with Crippen molar-refractivity contribution in [2.75, 3.05) is 6.61 Å². The molecule has 2 aromatic rings. The molecule has 0 amide bonds. The Morgan fingerprint density at radius 3 is 2.48 bits per heavy atom. The number of nitrogens with one attached hydrogen (secondary N) is 1. The van der Waals surface area contributed by atoms with Crippen molar-refractivity contribution >= 4 is 21.6 Å². The number of benzene rings is 2. The topological polar surface area (TPSA) is 55.4 Å². The van der Waals surface area contributed by atoms with Crippen LogP contribution in [0, 0.1) is 5.82 Å². The van der Waals surface area contributed by atoms with Gasteiger partial charge >= 0.3 is 0 Å². The molecule has 1 N–H and O–H groups in total. The summed E-state index contributed by atoms with van der Waals surface area (Å²) in [5, 5.41) is 0.295. The first-order valence-electron chi connectivity index (χ1n) is 7.03. The van der Waals surface area contributed by atoms with Crippen molar-refractivity contribution in [1.82, 2.24) is 4.72 Å². The van der Waals surface area contributed by atoms with Gasteiger partial charge < -0.3 is 4.74 Å². The molecule has 2 rings (SSSR count). The highest BCUT2D eigenvalue weighted by Gasteiger charge is 2.23. The highest BCUT2D eigenvalue weighted by molar-refractivity contribution is 7.89. The molecule has 1 atom stereocenters. The Hall–Kier alpha value is -1.63. The third-order valence-corrected chi connectivity index (χ3v) is 4.99. The molecule has 0 unspecified atom stereocenters. The summed E-state index contributed by atoms with van der Waals surface area (Å²) in [7, 11) is -3.85. The molecule has 0 bridgehead atoms. The van der Waals surface area contributed by atoms with Crippen LogP contribution < -0.4 is 9.46 Å². The summed E-state index contributed by atoms with van der Waals surface area (Å²) in [6, 6.07) is 9.52. The monoisotopic (exact) mass is 357 g/mol. The number of ether oxygens (including phenoxy) is 1. The van der Waals surface area contributed by atoms with Crippen molar-refractivity contribution in [2.24, 2.45) is 0 Å². The molecule has 0 aliphatic heterocycles. The van der Waals surface area contributed by atoms with Gasteiger partial charge in [-0.1, -0.05) is 23.7 Å². The second kappa shape index (κ2) is 7.29. The van der Waals surface area contributed by atoms with E-state index in [1.54, 1.807) is 19.9 Å². The van der Waals surface area contributed by atoms with Crippen molar-refractivity contribution in [3.63, 3.8) is 0 Å². The van der Waals surface area contributed by atoms with E-state index in [0.29, 0.717) is 17.2 Å². The van der Waals surface area contributed by atoms with Crippen LogP contribution in [0.25, 0.3) is 0 Å². The first-order chi connectivity index (χ1) is 10.8. The van der Waals surface area contributed by atoms with Crippen LogP contribution in [-0.2, 0) is 10.0 Å². The molecule has 0 heterocycles. The second-order valence-electron chi connectivity index (χ2n) is 4.92. The van der Waals surface area contributed by atoms with Crippen molar-refractivity contribution < 1.29 is 17.5 Å². The predicted octanol–water partition coefficient (Wildman–Crippen LogP) is 3.92. The molecule has 0 aliphatic rings. The van der Waals surface area contributed by atoms with E-state index >= 15 is 0 Å². The average molecular weight is 358 g/mol. The Bertz CT molecular complexity index is 778. The SMILES string of the molecule is CCOc1ccc(Cl)cc1S(=O)(=O)N[C@@H](C)c1ccc(F)cc1. The second-order valence-corrected chi connectivity index (χ2v) is 7.04. The summed E-state index contributed by atoms with van der Waals surface area (Å²) < 4.78 is 46.1. The molecule has 7 heteroatoms. The summed E-state index contributed by atoms with van der Waals surface area (Å²) in [5.41, 5.74) is 0.648. The summed E-state index contributed by atoms with van der Waals surface area (Å²) >= 11 is 5.90. The Morgan fingerprint density at radius 2 is 1.87 bits per heavy atom. The van der Waals surface area contributed by atoms with Crippen LogP contribution in [0.4, 0.5) is 4.39 Å². The molecular formula is C16H17ClFNO3S. The lowest BCUT2D eigenvalue weighted by molar-refractivity contribution is 0.331. The average Bonchev–Trinajstić information content (AvgIpc) is 2.49. The van der Waals surface area contributed by atoms with Gasteiger partial charge in [-0.3, -0.25) is 0 Å². The summed E-state index contributed by atoms with van der Waals surface area (Å²) in [6.07, 6.45) is 0. The molecule has 0 saturated carbocycles. The van der Waals surface area contributed by atoms with Crippen LogP contribution in [0.5, 0.6) is 5.75 Å².